The lowest BCUT2D eigenvalue weighted by Gasteiger charge is -2.05. The van der Waals surface area contributed by atoms with Crippen LogP contribution in [0.5, 0.6) is 0 Å². The van der Waals surface area contributed by atoms with E-state index in [1.165, 1.54) is 6.20 Å². The molecule has 2 rings (SSSR count). The van der Waals surface area contributed by atoms with E-state index in [4.69, 9.17) is 5.11 Å². The minimum absolute atomic E-state index is 0.124. The smallest absolute Gasteiger partial charge is 0.339 e. The molecule has 94 valence electrons. The van der Waals surface area contributed by atoms with Crippen molar-refractivity contribution in [1.82, 2.24) is 9.97 Å². The largest absolute Gasteiger partial charge is 0.478 e. The van der Waals surface area contributed by atoms with Crippen molar-refractivity contribution in [2.45, 2.75) is 13.5 Å². The molecule has 0 atom stereocenters. The van der Waals surface area contributed by atoms with E-state index >= 15 is 0 Å². The lowest BCUT2D eigenvalue weighted by molar-refractivity contribution is 0.0695. The number of hydrogen-bond donors (Lipinski definition) is 2. The number of aromatic nitrogens is 2. The predicted octanol–water partition coefficient (Wildman–Crippen LogP) is 2.92. The summed E-state index contributed by atoms with van der Waals surface area (Å²) in [5.74, 6) is -0.580. The molecule has 0 unspecified atom stereocenters. The van der Waals surface area contributed by atoms with E-state index in [-0.39, 0.29) is 5.56 Å². The van der Waals surface area contributed by atoms with Crippen LogP contribution in [0.4, 0.5) is 5.95 Å². The average molecular weight is 328 g/mol. The van der Waals surface area contributed by atoms with Crippen molar-refractivity contribution in [2.24, 2.45) is 0 Å². The Bertz CT molecular complexity index is 585. The Labute approximate surface area is 116 Å². The quantitative estimate of drug-likeness (QED) is 0.903. The van der Waals surface area contributed by atoms with Crippen LogP contribution in [-0.4, -0.2) is 21.0 Å². The minimum atomic E-state index is -1.01. The van der Waals surface area contributed by atoms with Crippen LogP contribution < -0.4 is 5.32 Å². The monoisotopic (exact) mass is 327 g/mol. The maximum Gasteiger partial charge on any atom is 0.339 e. The van der Waals surface area contributed by atoms with Gasteiger partial charge in [-0.05, 0) is 28.9 Å². The van der Waals surface area contributed by atoms with E-state index in [0.29, 0.717) is 18.2 Å². The molecule has 2 N–H and O–H groups in total. The van der Waals surface area contributed by atoms with E-state index in [9.17, 15) is 4.79 Å². The summed E-state index contributed by atoms with van der Waals surface area (Å²) in [7, 11) is 0. The first-order valence-electron chi connectivity index (χ1n) is 5.10. The van der Waals surface area contributed by atoms with Crippen molar-refractivity contribution in [3.8, 4) is 0 Å². The summed E-state index contributed by atoms with van der Waals surface area (Å²) in [6, 6.07) is 2.01. The van der Waals surface area contributed by atoms with Crippen molar-refractivity contribution in [2.75, 3.05) is 5.32 Å². The summed E-state index contributed by atoms with van der Waals surface area (Å²) in [6.07, 6.45) is 1.32. The fourth-order valence-electron chi connectivity index (χ4n) is 1.37. The van der Waals surface area contributed by atoms with Crippen molar-refractivity contribution < 1.29 is 9.90 Å². The number of aromatic carboxylic acids is 1. The minimum Gasteiger partial charge on any atom is -0.478 e. The molecule has 0 bridgehead atoms. The number of carboxylic acid groups (broad SMARTS) is 1. The molecular formula is C11H10BrN3O2S. The first-order valence-corrected chi connectivity index (χ1v) is 6.77. The molecule has 7 heteroatoms. The van der Waals surface area contributed by atoms with Gasteiger partial charge in [-0.3, -0.25) is 0 Å². The number of nitrogens with one attached hydrogen (secondary N) is 1. The maximum atomic E-state index is 10.8. The standard InChI is InChI=1S/C11H10BrN3O2S/c1-6-9(10(16)17)4-14-11(15-6)13-3-8-2-7(12)5-18-8/h2,4-5H,3H2,1H3,(H,16,17)(H,13,14,15). The van der Waals surface area contributed by atoms with Crippen LogP contribution in [0.2, 0.25) is 0 Å². The third-order valence-corrected chi connectivity index (χ3v) is 3.95. The van der Waals surface area contributed by atoms with Crippen LogP contribution >= 0.6 is 27.3 Å². The van der Waals surface area contributed by atoms with Crippen LogP contribution in [0.15, 0.2) is 22.1 Å². The lowest BCUT2D eigenvalue weighted by Crippen LogP contribution is -2.08. The highest BCUT2D eigenvalue weighted by atomic mass is 79.9. The Morgan fingerprint density at radius 3 is 2.94 bits per heavy atom. The van der Waals surface area contributed by atoms with E-state index < -0.39 is 5.97 Å². The molecule has 2 heterocycles. The Hall–Kier alpha value is -1.47. The summed E-state index contributed by atoms with van der Waals surface area (Å²) < 4.78 is 1.04. The first kappa shape index (κ1) is 13.0. The number of hydrogen-bond acceptors (Lipinski definition) is 5. The molecule has 0 saturated carbocycles. The number of carboxylic acids is 1. The zero-order valence-corrected chi connectivity index (χ0v) is 11.9. The van der Waals surface area contributed by atoms with Crippen LogP contribution in [0.25, 0.3) is 0 Å². The fraction of sp³-hybridized carbons (Fsp3) is 0.182. The van der Waals surface area contributed by atoms with Gasteiger partial charge in [0.05, 0.1) is 17.8 Å². The van der Waals surface area contributed by atoms with Crippen molar-refractivity contribution in [3.05, 3.63) is 38.3 Å². The van der Waals surface area contributed by atoms with Gasteiger partial charge < -0.3 is 10.4 Å². The average Bonchev–Trinajstić information content (AvgIpc) is 2.72. The van der Waals surface area contributed by atoms with Crippen LogP contribution in [0.1, 0.15) is 20.9 Å². The molecule has 0 fully saturated rings. The summed E-state index contributed by atoms with van der Waals surface area (Å²) in [5.41, 5.74) is 0.576. The lowest BCUT2D eigenvalue weighted by atomic mass is 10.2. The highest BCUT2D eigenvalue weighted by molar-refractivity contribution is 9.10. The Kier molecular flexibility index (Phi) is 3.93. The Morgan fingerprint density at radius 1 is 1.61 bits per heavy atom. The summed E-state index contributed by atoms with van der Waals surface area (Å²) in [5, 5.41) is 13.9. The normalized spacial score (nSPS) is 10.3. The van der Waals surface area contributed by atoms with Gasteiger partial charge in [-0.1, -0.05) is 0 Å². The summed E-state index contributed by atoms with van der Waals surface area (Å²) >= 11 is 5.00. The summed E-state index contributed by atoms with van der Waals surface area (Å²) in [6.45, 7) is 2.26. The van der Waals surface area contributed by atoms with E-state index in [1.54, 1.807) is 18.3 Å². The Morgan fingerprint density at radius 2 is 2.39 bits per heavy atom. The molecule has 5 nitrogen and oxygen atoms in total. The number of carbonyl (C=O) groups is 1. The highest BCUT2D eigenvalue weighted by Gasteiger charge is 2.09. The topological polar surface area (TPSA) is 75.1 Å². The van der Waals surface area contributed by atoms with Crippen molar-refractivity contribution in [3.63, 3.8) is 0 Å². The van der Waals surface area contributed by atoms with Gasteiger partial charge >= 0.3 is 5.97 Å². The fourth-order valence-corrected chi connectivity index (χ4v) is 2.77. The van der Waals surface area contributed by atoms with Crippen LogP contribution in [0.3, 0.4) is 0 Å². The molecule has 2 aromatic heterocycles. The highest BCUT2D eigenvalue weighted by Crippen LogP contribution is 2.20. The van der Waals surface area contributed by atoms with Gasteiger partial charge in [-0.25, -0.2) is 14.8 Å². The number of thiophene rings is 1. The molecule has 0 amide bonds. The third kappa shape index (κ3) is 3.05. The van der Waals surface area contributed by atoms with Crippen LogP contribution in [0, 0.1) is 6.92 Å². The maximum absolute atomic E-state index is 10.8. The number of aryl methyl sites for hydroxylation is 1. The second kappa shape index (κ2) is 5.45. The molecular weight excluding hydrogens is 318 g/mol. The van der Waals surface area contributed by atoms with Gasteiger partial charge in [-0.2, -0.15) is 0 Å². The van der Waals surface area contributed by atoms with Crippen LogP contribution in [-0.2, 0) is 6.54 Å². The first-order chi connectivity index (χ1) is 8.56. The molecule has 0 radical (unpaired) electrons. The van der Waals surface area contributed by atoms with E-state index in [0.717, 1.165) is 9.35 Å². The number of rotatable bonds is 4. The SMILES string of the molecule is Cc1nc(NCc2cc(Br)cs2)ncc1C(=O)O. The third-order valence-electron chi connectivity index (χ3n) is 2.25. The number of anilines is 1. The van der Waals surface area contributed by atoms with Gasteiger partial charge in [0.2, 0.25) is 5.95 Å². The predicted molar refractivity (Wildman–Crippen MR) is 73.1 cm³/mol. The molecule has 0 aliphatic heterocycles. The zero-order chi connectivity index (χ0) is 13.1. The molecule has 0 aliphatic carbocycles. The second-order valence-corrected chi connectivity index (χ2v) is 5.49. The van der Waals surface area contributed by atoms with E-state index in [2.05, 4.69) is 31.2 Å². The molecule has 2 aromatic rings. The molecule has 0 aromatic carbocycles. The molecule has 0 saturated heterocycles. The van der Waals surface area contributed by atoms with Gasteiger partial charge in [0, 0.05) is 20.9 Å². The summed E-state index contributed by atoms with van der Waals surface area (Å²) in [4.78, 5) is 20.0. The van der Waals surface area contributed by atoms with Gasteiger partial charge in [0.25, 0.3) is 0 Å². The van der Waals surface area contributed by atoms with Crippen molar-refractivity contribution in [1.29, 1.82) is 0 Å². The van der Waals surface area contributed by atoms with Crippen molar-refractivity contribution >= 4 is 39.2 Å². The molecule has 0 aliphatic rings. The zero-order valence-electron chi connectivity index (χ0n) is 9.48. The second-order valence-electron chi connectivity index (χ2n) is 3.58. The Balaban J connectivity index is 2.06. The van der Waals surface area contributed by atoms with Gasteiger partial charge in [-0.15, -0.1) is 11.3 Å². The molecule has 0 spiro atoms. The molecule has 18 heavy (non-hydrogen) atoms. The van der Waals surface area contributed by atoms with Gasteiger partial charge in [0.1, 0.15) is 0 Å². The van der Waals surface area contributed by atoms with Gasteiger partial charge in [0.15, 0.2) is 0 Å². The number of nitrogens with zero attached hydrogens (tertiary/aromatic N) is 2. The number of halogens is 1. The van der Waals surface area contributed by atoms with E-state index in [1.807, 2.05) is 11.4 Å².